The molecule has 0 saturated carbocycles. The fraction of sp³-hybridized carbons (Fsp3) is 0.367. The minimum atomic E-state index is -0.942. The number of aromatic carboxylic acids is 1. The molecule has 41 heavy (non-hydrogen) atoms. The number of hydrogen-bond acceptors (Lipinski definition) is 7. The van der Waals surface area contributed by atoms with Crippen LogP contribution in [0.4, 0.5) is 0 Å². The number of piperidine rings is 1. The topological polar surface area (TPSA) is 98.9 Å². The highest BCUT2D eigenvalue weighted by Crippen LogP contribution is 2.29. The fourth-order valence-corrected chi connectivity index (χ4v) is 5.66. The Balaban J connectivity index is 1.06. The van der Waals surface area contributed by atoms with E-state index in [2.05, 4.69) is 14.5 Å². The molecule has 4 heterocycles. The second kappa shape index (κ2) is 12.2. The first-order valence-electron chi connectivity index (χ1n) is 13.7. The Labute approximate surface area is 247 Å². The number of carbonyl (C=O) groups is 1. The third kappa shape index (κ3) is 6.59. The molecule has 1 atom stereocenters. The lowest BCUT2D eigenvalue weighted by molar-refractivity contribution is -0.0592. The molecule has 2 saturated heterocycles. The molecule has 2 aromatic heterocycles. The summed E-state index contributed by atoms with van der Waals surface area (Å²) in [4.78, 5) is 23.2. The van der Waals surface area contributed by atoms with Crippen LogP contribution in [0.15, 0.2) is 54.7 Å². The molecule has 0 radical (unpaired) electrons. The van der Waals surface area contributed by atoms with Gasteiger partial charge in [0, 0.05) is 37.0 Å². The van der Waals surface area contributed by atoms with Crippen LogP contribution < -0.4 is 9.47 Å². The van der Waals surface area contributed by atoms with Gasteiger partial charge in [-0.3, -0.25) is 9.88 Å². The normalized spacial score (nSPS) is 17.9. The Morgan fingerprint density at radius 3 is 2.63 bits per heavy atom. The summed E-state index contributed by atoms with van der Waals surface area (Å²) in [6.45, 7) is 4.11. The predicted molar refractivity (Wildman–Crippen MR) is 155 cm³/mol. The summed E-state index contributed by atoms with van der Waals surface area (Å²) in [6, 6.07) is 14.0. The number of fused-ring (bicyclic) bond motifs is 1. The van der Waals surface area contributed by atoms with Gasteiger partial charge < -0.3 is 23.9 Å². The highest BCUT2D eigenvalue weighted by Gasteiger charge is 2.26. The van der Waals surface area contributed by atoms with Crippen molar-refractivity contribution >= 4 is 40.2 Å². The van der Waals surface area contributed by atoms with Crippen molar-refractivity contribution in [2.45, 2.75) is 51.2 Å². The number of ether oxygens (including phenoxy) is 3. The predicted octanol–water partition coefficient (Wildman–Crippen LogP) is 5.85. The Morgan fingerprint density at radius 1 is 1.07 bits per heavy atom. The zero-order chi connectivity index (χ0) is 28.3. The van der Waals surface area contributed by atoms with Crippen LogP contribution in [0, 0.1) is 0 Å². The maximum atomic E-state index is 11.6. The molecular formula is C30H30Cl2N4O5. The van der Waals surface area contributed by atoms with E-state index >= 15 is 0 Å². The quantitative estimate of drug-likeness (QED) is 0.243. The summed E-state index contributed by atoms with van der Waals surface area (Å²) in [5.74, 6) is 1.29. The Bertz CT molecular complexity index is 1550. The van der Waals surface area contributed by atoms with Crippen LogP contribution >= 0.6 is 23.2 Å². The van der Waals surface area contributed by atoms with E-state index in [1.807, 2.05) is 12.1 Å². The van der Waals surface area contributed by atoms with Crippen LogP contribution in [0.5, 0.6) is 11.5 Å². The van der Waals surface area contributed by atoms with E-state index in [4.69, 9.17) is 42.4 Å². The number of halogens is 2. The number of benzene rings is 2. The van der Waals surface area contributed by atoms with Crippen molar-refractivity contribution in [1.29, 1.82) is 0 Å². The SMILES string of the molecule is O=C(O)c1ccc2nc(CN3CCC(Oc4ccnc(COc5ccc(Cl)cc5Cl)c4)CC3)n(C[C@@H]3CCO3)c2c1. The first-order chi connectivity index (χ1) is 19.9. The molecule has 0 amide bonds. The van der Waals surface area contributed by atoms with Crippen LogP contribution in [0.25, 0.3) is 11.0 Å². The zero-order valence-electron chi connectivity index (χ0n) is 22.3. The van der Waals surface area contributed by atoms with Crippen LogP contribution in [0.2, 0.25) is 10.0 Å². The second-order valence-corrected chi connectivity index (χ2v) is 11.2. The molecule has 0 aliphatic carbocycles. The van der Waals surface area contributed by atoms with E-state index in [1.54, 1.807) is 42.6 Å². The van der Waals surface area contributed by atoms with Gasteiger partial charge in [-0.15, -0.1) is 0 Å². The number of rotatable bonds is 10. The first kappa shape index (κ1) is 27.8. The number of carboxylic acid groups (broad SMARTS) is 1. The van der Waals surface area contributed by atoms with Crippen molar-refractivity contribution in [2.24, 2.45) is 0 Å². The lowest BCUT2D eigenvalue weighted by Crippen LogP contribution is -2.39. The van der Waals surface area contributed by atoms with E-state index in [0.717, 1.165) is 67.3 Å². The van der Waals surface area contributed by atoms with Gasteiger partial charge in [0.15, 0.2) is 0 Å². The van der Waals surface area contributed by atoms with E-state index in [1.165, 1.54) is 0 Å². The molecule has 2 fully saturated rings. The minimum absolute atomic E-state index is 0.0912. The monoisotopic (exact) mass is 596 g/mol. The van der Waals surface area contributed by atoms with Gasteiger partial charge in [-0.1, -0.05) is 23.2 Å². The summed E-state index contributed by atoms with van der Waals surface area (Å²) in [6.07, 6.45) is 4.70. The van der Waals surface area contributed by atoms with Gasteiger partial charge in [0.25, 0.3) is 0 Å². The molecule has 0 spiro atoms. The maximum Gasteiger partial charge on any atom is 0.335 e. The summed E-state index contributed by atoms with van der Waals surface area (Å²) in [5, 5.41) is 10.5. The standard InChI is InChI=1S/C30H30Cl2N4O5/c31-20-2-4-28(25(32)14-20)40-18-21-15-23(5-9-33-21)41-22-6-10-35(11-7-22)17-29-34-26-3-1-19(30(37)38)13-27(26)36(29)16-24-8-12-39-24/h1-5,9,13-15,22,24H,6-8,10-12,16-18H2,(H,37,38)/t24-/m0/s1. The Morgan fingerprint density at radius 2 is 1.90 bits per heavy atom. The average molecular weight is 597 g/mol. The third-order valence-corrected chi connectivity index (χ3v) is 8.04. The van der Waals surface area contributed by atoms with Gasteiger partial charge in [0.05, 0.1) is 46.5 Å². The number of nitrogens with zero attached hydrogens (tertiary/aromatic N) is 4. The van der Waals surface area contributed by atoms with Gasteiger partial charge in [0.1, 0.15) is 30.0 Å². The number of imidazole rings is 1. The van der Waals surface area contributed by atoms with Crippen molar-refractivity contribution in [3.8, 4) is 11.5 Å². The van der Waals surface area contributed by atoms with E-state index < -0.39 is 5.97 Å². The molecule has 1 N–H and O–H groups in total. The summed E-state index contributed by atoms with van der Waals surface area (Å²) in [5.41, 5.74) is 2.64. The molecule has 9 nitrogen and oxygen atoms in total. The molecule has 4 aromatic rings. The van der Waals surface area contributed by atoms with Crippen molar-refractivity contribution < 1.29 is 24.1 Å². The van der Waals surface area contributed by atoms with Gasteiger partial charge >= 0.3 is 5.97 Å². The number of aromatic nitrogens is 3. The molecule has 6 rings (SSSR count). The van der Waals surface area contributed by atoms with E-state index in [0.29, 0.717) is 28.9 Å². The molecule has 2 aromatic carbocycles. The molecule has 2 aliphatic heterocycles. The minimum Gasteiger partial charge on any atom is -0.490 e. The number of likely N-dealkylation sites (tertiary alicyclic amines) is 1. The largest absolute Gasteiger partial charge is 0.490 e. The summed E-state index contributed by atoms with van der Waals surface area (Å²) < 4.78 is 19.9. The number of hydrogen-bond donors (Lipinski definition) is 1. The molecule has 11 heteroatoms. The van der Waals surface area contributed by atoms with Crippen molar-refractivity contribution in [3.63, 3.8) is 0 Å². The maximum absolute atomic E-state index is 11.6. The number of carboxylic acids is 1. The van der Waals surface area contributed by atoms with Gasteiger partial charge in [0.2, 0.25) is 0 Å². The zero-order valence-corrected chi connectivity index (χ0v) is 23.9. The molecular weight excluding hydrogens is 567 g/mol. The lowest BCUT2D eigenvalue weighted by atomic mass is 10.1. The summed E-state index contributed by atoms with van der Waals surface area (Å²) >= 11 is 12.2. The van der Waals surface area contributed by atoms with Crippen LogP contribution in [-0.2, 0) is 24.4 Å². The van der Waals surface area contributed by atoms with E-state index in [9.17, 15) is 9.90 Å². The Kier molecular flexibility index (Phi) is 8.30. The van der Waals surface area contributed by atoms with Crippen LogP contribution in [0.1, 0.15) is 41.1 Å². The first-order valence-corrected chi connectivity index (χ1v) is 14.4. The lowest BCUT2D eigenvalue weighted by Gasteiger charge is -2.32. The van der Waals surface area contributed by atoms with Gasteiger partial charge in [-0.25, -0.2) is 9.78 Å². The Hall–Kier alpha value is -3.37. The van der Waals surface area contributed by atoms with Crippen molar-refractivity contribution in [3.05, 3.63) is 81.9 Å². The van der Waals surface area contributed by atoms with Gasteiger partial charge in [-0.05, 0) is 61.7 Å². The second-order valence-electron chi connectivity index (χ2n) is 10.4. The highest BCUT2D eigenvalue weighted by molar-refractivity contribution is 6.35. The van der Waals surface area contributed by atoms with E-state index in [-0.39, 0.29) is 24.4 Å². The molecule has 214 valence electrons. The van der Waals surface area contributed by atoms with Crippen molar-refractivity contribution in [2.75, 3.05) is 19.7 Å². The highest BCUT2D eigenvalue weighted by atomic mass is 35.5. The smallest absolute Gasteiger partial charge is 0.335 e. The molecule has 0 bridgehead atoms. The fourth-order valence-electron chi connectivity index (χ4n) is 5.19. The summed E-state index contributed by atoms with van der Waals surface area (Å²) in [7, 11) is 0. The number of pyridine rings is 1. The van der Waals surface area contributed by atoms with Crippen LogP contribution in [0.3, 0.4) is 0 Å². The average Bonchev–Trinajstić information content (AvgIpc) is 3.27. The van der Waals surface area contributed by atoms with Crippen molar-refractivity contribution in [1.82, 2.24) is 19.4 Å². The van der Waals surface area contributed by atoms with Gasteiger partial charge in [-0.2, -0.15) is 0 Å². The molecule has 2 aliphatic rings. The third-order valence-electron chi connectivity index (χ3n) is 7.51. The van der Waals surface area contributed by atoms with Crippen LogP contribution in [-0.4, -0.2) is 62.4 Å². The molecule has 0 unspecified atom stereocenters.